The molecule has 27 heavy (non-hydrogen) atoms. The minimum Gasteiger partial charge on any atom is -0.500 e. The smallest absolute Gasteiger partial charge is 0.253 e. The van der Waals surface area contributed by atoms with Crippen molar-refractivity contribution in [3.8, 4) is 0 Å². The molecule has 0 unspecified atom stereocenters. The lowest BCUT2D eigenvalue weighted by molar-refractivity contribution is 0.0895. The second-order valence-electron chi connectivity index (χ2n) is 7.85. The van der Waals surface area contributed by atoms with E-state index in [9.17, 15) is 9.18 Å². The third-order valence-electron chi connectivity index (χ3n) is 5.73. The summed E-state index contributed by atoms with van der Waals surface area (Å²) in [5.41, 5.74) is 2.20. The van der Waals surface area contributed by atoms with Gasteiger partial charge in [-0.25, -0.2) is 4.39 Å². The highest BCUT2D eigenvalue weighted by Crippen LogP contribution is 2.35. The summed E-state index contributed by atoms with van der Waals surface area (Å²) in [7, 11) is 0. The number of hydrogen-bond acceptors (Lipinski definition) is 2. The van der Waals surface area contributed by atoms with Gasteiger partial charge in [0.25, 0.3) is 5.91 Å². The number of hydrogen-bond donors (Lipinski definition) is 1. The van der Waals surface area contributed by atoms with Gasteiger partial charge >= 0.3 is 0 Å². The lowest BCUT2D eigenvalue weighted by Crippen LogP contribution is -2.34. The van der Waals surface area contributed by atoms with E-state index < -0.39 is 5.67 Å². The Labute approximate surface area is 163 Å². The number of aromatic nitrogens is 1. The normalized spacial score (nSPS) is 25.3. The molecule has 1 amide bonds. The fraction of sp³-hybridized carbons (Fsp3) is 0.476. The molecule has 0 radical (unpaired) electrons. The molecule has 3 heterocycles. The number of ether oxygens (including phenoxy) is 1. The van der Waals surface area contributed by atoms with Gasteiger partial charge in [-0.1, -0.05) is 11.6 Å². The molecule has 2 aliphatic rings. The summed E-state index contributed by atoms with van der Waals surface area (Å²) in [4.78, 5) is 12.9. The third kappa shape index (κ3) is 3.70. The van der Waals surface area contributed by atoms with Gasteiger partial charge in [0.1, 0.15) is 5.67 Å². The summed E-state index contributed by atoms with van der Waals surface area (Å²) in [6, 6.07) is 5.55. The van der Waals surface area contributed by atoms with E-state index >= 15 is 0 Å². The van der Waals surface area contributed by atoms with Gasteiger partial charge in [0, 0.05) is 24.7 Å². The van der Waals surface area contributed by atoms with E-state index in [0.29, 0.717) is 48.0 Å². The molecule has 2 aromatic heterocycles. The van der Waals surface area contributed by atoms with E-state index in [1.165, 1.54) is 0 Å². The van der Waals surface area contributed by atoms with Gasteiger partial charge in [-0.05, 0) is 56.7 Å². The van der Waals surface area contributed by atoms with E-state index in [1.54, 1.807) is 19.3 Å². The summed E-state index contributed by atoms with van der Waals surface area (Å²) >= 11 is 6.41. The first-order valence-corrected chi connectivity index (χ1v) is 9.90. The maximum Gasteiger partial charge on any atom is 0.253 e. The minimum absolute atomic E-state index is 0.139. The number of rotatable bonds is 4. The second kappa shape index (κ2) is 7.19. The van der Waals surface area contributed by atoms with Gasteiger partial charge in [-0.2, -0.15) is 0 Å². The second-order valence-corrected chi connectivity index (χ2v) is 8.26. The zero-order valence-electron chi connectivity index (χ0n) is 15.4. The Hall–Kier alpha value is -2.01. The number of fused-ring (bicyclic) bond motifs is 1. The van der Waals surface area contributed by atoms with Gasteiger partial charge in [-0.15, -0.1) is 0 Å². The van der Waals surface area contributed by atoms with Gasteiger partial charge in [0.05, 0.1) is 34.7 Å². The van der Waals surface area contributed by atoms with Crippen LogP contribution in [-0.2, 0) is 4.74 Å². The first-order chi connectivity index (χ1) is 12.9. The Morgan fingerprint density at radius 1 is 1.44 bits per heavy atom. The average molecular weight is 391 g/mol. The van der Waals surface area contributed by atoms with Crippen LogP contribution in [0, 0.1) is 5.92 Å². The zero-order valence-corrected chi connectivity index (χ0v) is 16.2. The van der Waals surface area contributed by atoms with E-state index in [2.05, 4.69) is 5.32 Å². The number of alkyl halides is 1. The molecule has 4 rings (SSSR count). The van der Waals surface area contributed by atoms with Crippen molar-refractivity contribution in [2.24, 2.45) is 5.92 Å². The van der Waals surface area contributed by atoms with Crippen molar-refractivity contribution < 1.29 is 13.9 Å². The van der Waals surface area contributed by atoms with Crippen LogP contribution in [0.25, 0.3) is 11.1 Å². The summed E-state index contributed by atoms with van der Waals surface area (Å²) < 4.78 is 21.3. The van der Waals surface area contributed by atoms with Gasteiger partial charge < -0.3 is 14.5 Å². The molecule has 0 aromatic carbocycles. The lowest BCUT2D eigenvalue weighted by atomic mass is 9.81. The standard InChI is InChI=1S/C21H24ClFN2O2/c1-21(23)7-4-14(5-8-21)12-24-20(26)16-11-18(15-6-10-27-13-15)25-9-2-3-17(22)19(16)25/h2-3,9,11,13-14H,4-8,10,12H2,1H3,(H,24,26). The van der Waals surface area contributed by atoms with E-state index in [0.717, 1.165) is 30.5 Å². The molecule has 4 nitrogen and oxygen atoms in total. The summed E-state index contributed by atoms with van der Waals surface area (Å²) in [6.45, 7) is 2.89. The first kappa shape index (κ1) is 18.4. The van der Waals surface area contributed by atoms with Crippen LogP contribution in [0.3, 0.4) is 0 Å². The predicted octanol–water partition coefficient (Wildman–Crippen LogP) is 5.00. The van der Waals surface area contributed by atoms with Crippen LogP contribution < -0.4 is 5.32 Å². The fourth-order valence-electron chi connectivity index (χ4n) is 4.03. The topological polar surface area (TPSA) is 42.7 Å². The van der Waals surface area contributed by atoms with Crippen LogP contribution in [0.5, 0.6) is 0 Å². The first-order valence-electron chi connectivity index (χ1n) is 9.52. The lowest BCUT2D eigenvalue weighted by Gasteiger charge is -2.31. The largest absolute Gasteiger partial charge is 0.500 e. The number of nitrogens with zero attached hydrogens (tertiary/aromatic N) is 1. The molecular formula is C21H24ClFN2O2. The molecule has 2 aromatic rings. The number of nitrogens with one attached hydrogen (secondary N) is 1. The molecule has 0 spiro atoms. The number of pyridine rings is 1. The Morgan fingerprint density at radius 2 is 2.22 bits per heavy atom. The van der Waals surface area contributed by atoms with Crippen molar-refractivity contribution in [2.75, 3.05) is 13.2 Å². The molecular weight excluding hydrogens is 367 g/mol. The summed E-state index contributed by atoms with van der Waals surface area (Å²) in [5, 5.41) is 3.58. The summed E-state index contributed by atoms with van der Waals surface area (Å²) in [6.07, 6.45) is 7.21. The van der Waals surface area contributed by atoms with Crippen LogP contribution in [0.2, 0.25) is 5.02 Å². The molecule has 0 atom stereocenters. The number of carbonyl (C=O) groups is 1. The van der Waals surface area contributed by atoms with Crippen LogP contribution in [0.4, 0.5) is 4.39 Å². The van der Waals surface area contributed by atoms with E-state index in [1.807, 2.05) is 22.7 Å². The van der Waals surface area contributed by atoms with Crippen LogP contribution in [-0.4, -0.2) is 29.1 Å². The minimum atomic E-state index is -1.06. The molecule has 1 fully saturated rings. The Morgan fingerprint density at radius 3 is 2.93 bits per heavy atom. The van der Waals surface area contributed by atoms with Crippen molar-refractivity contribution in [3.63, 3.8) is 0 Å². The van der Waals surface area contributed by atoms with Crippen LogP contribution in [0.15, 0.2) is 30.7 Å². The molecule has 6 heteroatoms. The quantitative estimate of drug-likeness (QED) is 0.798. The number of amides is 1. The highest BCUT2D eigenvalue weighted by atomic mass is 35.5. The molecule has 1 aliphatic carbocycles. The SMILES string of the molecule is CC1(F)CCC(CNC(=O)c2cc(C3=COCC3)n3cccc(Cl)c23)CC1. The molecule has 1 saturated carbocycles. The highest BCUT2D eigenvalue weighted by Gasteiger charge is 2.31. The Bertz CT molecular complexity index is 893. The molecule has 144 valence electrons. The number of halogens is 2. The van der Waals surface area contributed by atoms with Crippen molar-refractivity contribution in [3.05, 3.63) is 46.9 Å². The molecule has 0 bridgehead atoms. The van der Waals surface area contributed by atoms with Crippen molar-refractivity contribution in [1.82, 2.24) is 9.72 Å². The van der Waals surface area contributed by atoms with Crippen molar-refractivity contribution in [1.29, 1.82) is 0 Å². The maximum atomic E-state index is 14.0. The Balaban J connectivity index is 1.55. The molecule has 1 aliphatic heterocycles. The Kier molecular flexibility index (Phi) is 4.89. The van der Waals surface area contributed by atoms with Crippen LogP contribution >= 0.6 is 11.6 Å². The number of carbonyl (C=O) groups excluding carboxylic acids is 1. The average Bonchev–Trinajstić information content (AvgIpc) is 3.28. The summed E-state index contributed by atoms with van der Waals surface area (Å²) in [5.74, 6) is 0.187. The van der Waals surface area contributed by atoms with E-state index in [-0.39, 0.29) is 5.91 Å². The third-order valence-corrected chi connectivity index (χ3v) is 6.03. The van der Waals surface area contributed by atoms with Gasteiger partial charge in [-0.3, -0.25) is 4.79 Å². The highest BCUT2D eigenvalue weighted by molar-refractivity contribution is 6.35. The van der Waals surface area contributed by atoms with Crippen molar-refractivity contribution in [2.45, 2.75) is 44.7 Å². The monoisotopic (exact) mass is 390 g/mol. The molecule has 1 N–H and O–H groups in total. The van der Waals surface area contributed by atoms with E-state index in [4.69, 9.17) is 16.3 Å². The van der Waals surface area contributed by atoms with Crippen LogP contribution in [0.1, 0.15) is 55.1 Å². The molecule has 0 saturated heterocycles. The van der Waals surface area contributed by atoms with Gasteiger partial charge in [0.2, 0.25) is 0 Å². The fourth-order valence-corrected chi connectivity index (χ4v) is 4.29. The van der Waals surface area contributed by atoms with Crippen molar-refractivity contribution >= 4 is 28.6 Å². The van der Waals surface area contributed by atoms with Gasteiger partial charge in [0.15, 0.2) is 0 Å². The zero-order chi connectivity index (χ0) is 19.0. The maximum absolute atomic E-state index is 14.0. The predicted molar refractivity (Wildman–Crippen MR) is 105 cm³/mol.